The summed E-state index contributed by atoms with van der Waals surface area (Å²) in [6.45, 7) is 3.11. The SMILES string of the molecule is CCN(C(=O)c1cnc(NCCC2=CCCCC2)nc1)C1CCS(=O)(=O)C1. The Morgan fingerprint density at radius 3 is 2.67 bits per heavy atom. The molecule has 1 fully saturated rings. The van der Waals surface area contributed by atoms with Gasteiger partial charge in [-0.1, -0.05) is 11.6 Å². The van der Waals surface area contributed by atoms with Crippen LogP contribution in [0.15, 0.2) is 24.0 Å². The smallest absolute Gasteiger partial charge is 0.257 e. The van der Waals surface area contributed by atoms with Crippen molar-refractivity contribution in [1.29, 1.82) is 0 Å². The maximum Gasteiger partial charge on any atom is 0.257 e. The van der Waals surface area contributed by atoms with Crippen molar-refractivity contribution in [2.24, 2.45) is 0 Å². The maximum absolute atomic E-state index is 12.7. The third-order valence-corrected chi connectivity index (χ3v) is 7.01. The third-order valence-electron chi connectivity index (χ3n) is 5.26. The maximum atomic E-state index is 12.7. The van der Waals surface area contributed by atoms with Gasteiger partial charge in [0.1, 0.15) is 0 Å². The van der Waals surface area contributed by atoms with Crippen LogP contribution in [-0.4, -0.2) is 59.8 Å². The number of carbonyl (C=O) groups excluding carboxylic acids is 1. The summed E-state index contributed by atoms with van der Waals surface area (Å²) in [6, 6.07) is -0.255. The lowest BCUT2D eigenvalue weighted by atomic mass is 9.97. The highest BCUT2D eigenvalue weighted by atomic mass is 32.2. The summed E-state index contributed by atoms with van der Waals surface area (Å²) in [4.78, 5) is 22.8. The molecule has 1 atom stereocenters. The van der Waals surface area contributed by atoms with E-state index in [1.54, 1.807) is 4.90 Å². The van der Waals surface area contributed by atoms with Crippen molar-refractivity contribution in [1.82, 2.24) is 14.9 Å². The van der Waals surface area contributed by atoms with Gasteiger partial charge in [0, 0.05) is 31.5 Å². The molecule has 3 rings (SSSR count). The molecule has 1 amide bonds. The molecule has 0 bridgehead atoms. The lowest BCUT2D eigenvalue weighted by Crippen LogP contribution is -2.41. The first-order chi connectivity index (χ1) is 13.0. The molecule has 1 saturated heterocycles. The second-order valence-electron chi connectivity index (χ2n) is 7.23. The number of nitrogens with zero attached hydrogens (tertiary/aromatic N) is 3. The fraction of sp³-hybridized carbons (Fsp3) is 0.632. The zero-order valence-electron chi connectivity index (χ0n) is 15.9. The fourth-order valence-electron chi connectivity index (χ4n) is 3.75. The summed E-state index contributed by atoms with van der Waals surface area (Å²) in [5, 5.41) is 3.20. The zero-order valence-corrected chi connectivity index (χ0v) is 16.7. The number of amides is 1. The van der Waals surface area contributed by atoms with Crippen LogP contribution < -0.4 is 5.32 Å². The third kappa shape index (κ3) is 5.28. The van der Waals surface area contributed by atoms with E-state index in [4.69, 9.17) is 0 Å². The standard InChI is InChI=1S/C19H28N4O3S/c1-2-23(17-9-11-27(25,26)14-17)18(24)16-12-21-19(22-13-16)20-10-8-15-6-4-3-5-7-15/h6,12-13,17H,2-5,7-11,14H2,1H3,(H,20,21,22). The first-order valence-corrected chi connectivity index (χ1v) is 11.6. The van der Waals surface area contributed by atoms with Gasteiger partial charge in [0.2, 0.25) is 5.95 Å². The van der Waals surface area contributed by atoms with E-state index in [2.05, 4.69) is 21.4 Å². The van der Waals surface area contributed by atoms with Gasteiger partial charge < -0.3 is 10.2 Å². The molecule has 2 aliphatic rings. The summed E-state index contributed by atoms with van der Waals surface area (Å²) in [5.41, 5.74) is 1.88. The number of sulfone groups is 1. The number of aromatic nitrogens is 2. The van der Waals surface area contributed by atoms with E-state index in [1.165, 1.54) is 43.7 Å². The van der Waals surface area contributed by atoms with Crippen molar-refractivity contribution < 1.29 is 13.2 Å². The second-order valence-corrected chi connectivity index (χ2v) is 9.46. The normalized spacial score (nSPS) is 21.5. The molecule has 1 unspecified atom stereocenters. The molecule has 0 saturated carbocycles. The fourth-order valence-corrected chi connectivity index (χ4v) is 5.48. The number of carbonyl (C=O) groups is 1. The molecule has 7 nitrogen and oxygen atoms in total. The van der Waals surface area contributed by atoms with E-state index in [9.17, 15) is 13.2 Å². The molecular weight excluding hydrogens is 364 g/mol. The van der Waals surface area contributed by atoms with Gasteiger partial charge in [-0.3, -0.25) is 4.79 Å². The van der Waals surface area contributed by atoms with Gasteiger partial charge in [-0.15, -0.1) is 0 Å². The van der Waals surface area contributed by atoms with Gasteiger partial charge in [0.05, 0.1) is 17.1 Å². The van der Waals surface area contributed by atoms with Crippen LogP contribution in [-0.2, 0) is 9.84 Å². The Kier molecular flexibility index (Phi) is 6.46. The van der Waals surface area contributed by atoms with Crippen LogP contribution in [0.2, 0.25) is 0 Å². The Balaban J connectivity index is 1.55. The average molecular weight is 393 g/mol. The summed E-state index contributed by atoms with van der Waals surface area (Å²) < 4.78 is 23.4. The molecular formula is C19H28N4O3S. The lowest BCUT2D eigenvalue weighted by molar-refractivity contribution is 0.0707. The van der Waals surface area contributed by atoms with Crippen LogP contribution in [0.3, 0.4) is 0 Å². The van der Waals surface area contributed by atoms with Gasteiger partial charge in [0.25, 0.3) is 5.91 Å². The van der Waals surface area contributed by atoms with Gasteiger partial charge in [-0.05, 0) is 45.4 Å². The molecule has 8 heteroatoms. The molecule has 0 aromatic carbocycles. The Morgan fingerprint density at radius 1 is 1.30 bits per heavy atom. The second kappa shape index (κ2) is 8.82. The molecule has 1 N–H and O–H groups in total. The molecule has 0 spiro atoms. The minimum atomic E-state index is -3.03. The highest BCUT2D eigenvalue weighted by Gasteiger charge is 2.34. The van der Waals surface area contributed by atoms with E-state index >= 15 is 0 Å². The van der Waals surface area contributed by atoms with Crippen LogP contribution in [0.4, 0.5) is 5.95 Å². The van der Waals surface area contributed by atoms with E-state index in [0.717, 1.165) is 13.0 Å². The van der Waals surface area contributed by atoms with Gasteiger partial charge in [0.15, 0.2) is 9.84 Å². The largest absolute Gasteiger partial charge is 0.354 e. The number of hydrogen-bond acceptors (Lipinski definition) is 6. The molecule has 1 aliphatic heterocycles. The molecule has 1 aromatic heterocycles. The molecule has 148 valence electrons. The zero-order chi connectivity index (χ0) is 19.3. The number of nitrogens with one attached hydrogen (secondary N) is 1. The topological polar surface area (TPSA) is 92.3 Å². The molecule has 1 aliphatic carbocycles. The van der Waals surface area contributed by atoms with Crippen molar-refractivity contribution in [3.05, 3.63) is 29.6 Å². The predicted octanol–water partition coefficient (Wildman–Crippen LogP) is 2.43. The molecule has 27 heavy (non-hydrogen) atoms. The van der Waals surface area contributed by atoms with Gasteiger partial charge in [-0.2, -0.15) is 0 Å². The number of hydrogen-bond donors (Lipinski definition) is 1. The number of rotatable bonds is 7. The quantitative estimate of drug-likeness (QED) is 0.717. The first-order valence-electron chi connectivity index (χ1n) is 9.73. The highest BCUT2D eigenvalue weighted by molar-refractivity contribution is 7.91. The van der Waals surface area contributed by atoms with Crippen LogP contribution in [0.25, 0.3) is 0 Å². The summed E-state index contributed by atoms with van der Waals surface area (Å²) in [7, 11) is -3.03. The Labute approximate surface area is 161 Å². The van der Waals surface area contributed by atoms with Crippen molar-refractivity contribution in [3.8, 4) is 0 Å². The molecule has 0 radical (unpaired) electrons. The van der Waals surface area contributed by atoms with E-state index in [1.807, 2.05) is 6.92 Å². The Morgan fingerprint density at radius 2 is 2.07 bits per heavy atom. The van der Waals surface area contributed by atoms with E-state index in [0.29, 0.717) is 24.5 Å². The van der Waals surface area contributed by atoms with E-state index in [-0.39, 0.29) is 23.5 Å². The van der Waals surface area contributed by atoms with Crippen molar-refractivity contribution in [3.63, 3.8) is 0 Å². The van der Waals surface area contributed by atoms with Crippen LogP contribution in [0, 0.1) is 0 Å². The van der Waals surface area contributed by atoms with Crippen LogP contribution in [0.1, 0.15) is 55.8 Å². The van der Waals surface area contributed by atoms with Gasteiger partial charge >= 0.3 is 0 Å². The molecule has 1 aromatic rings. The van der Waals surface area contributed by atoms with Gasteiger partial charge in [-0.25, -0.2) is 18.4 Å². The van der Waals surface area contributed by atoms with Crippen molar-refractivity contribution in [2.45, 2.75) is 51.5 Å². The van der Waals surface area contributed by atoms with Crippen LogP contribution >= 0.6 is 0 Å². The summed E-state index contributed by atoms with van der Waals surface area (Å²) in [5.74, 6) is 0.494. The Bertz CT molecular complexity index is 790. The van der Waals surface area contributed by atoms with Crippen molar-refractivity contribution >= 4 is 21.7 Å². The van der Waals surface area contributed by atoms with Crippen LogP contribution in [0.5, 0.6) is 0 Å². The lowest BCUT2D eigenvalue weighted by Gasteiger charge is -2.26. The monoisotopic (exact) mass is 392 g/mol. The minimum absolute atomic E-state index is 0.0446. The Hall–Kier alpha value is -1.96. The summed E-state index contributed by atoms with van der Waals surface area (Å²) >= 11 is 0. The highest BCUT2D eigenvalue weighted by Crippen LogP contribution is 2.21. The van der Waals surface area contributed by atoms with E-state index < -0.39 is 9.84 Å². The number of allylic oxidation sites excluding steroid dienone is 1. The minimum Gasteiger partial charge on any atom is -0.354 e. The predicted molar refractivity (Wildman–Crippen MR) is 105 cm³/mol. The van der Waals surface area contributed by atoms with Crippen molar-refractivity contribution in [2.75, 3.05) is 29.9 Å². The average Bonchev–Trinajstić information content (AvgIpc) is 3.03. The summed E-state index contributed by atoms with van der Waals surface area (Å²) in [6.07, 6.45) is 11.8. The first kappa shape index (κ1) is 19.8. The molecule has 2 heterocycles. The number of anilines is 1.